The minimum Gasteiger partial charge on any atom is -0.392 e. The van der Waals surface area contributed by atoms with E-state index in [4.69, 9.17) is 5.11 Å². The van der Waals surface area contributed by atoms with Crippen LogP contribution in [-0.2, 0) is 22.4 Å². The van der Waals surface area contributed by atoms with Gasteiger partial charge in [-0.05, 0) is 24.1 Å². The summed E-state index contributed by atoms with van der Waals surface area (Å²) in [6.07, 6.45) is 0. The Balaban J connectivity index is 2.29. The van der Waals surface area contributed by atoms with E-state index in [0.717, 1.165) is 0 Å². The maximum atomic E-state index is 12.3. The third kappa shape index (κ3) is 4.27. The van der Waals surface area contributed by atoms with Gasteiger partial charge in [-0.2, -0.15) is 0 Å². The lowest BCUT2D eigenvalue weighted by molar-refractivity contribution is -0.385. The largest absolute Gasteiger partial charge is 0.392 e. The molecule has 122 valence electrons. The van der Waals surface area contributed by atoms with E-state index in [-0.39, 0.29) is 17.9 Å². The van der Waals surface area contributed by atoms with E-state index in [1.165, 1.54) is 24.3 Å². The Bertz CT molecular complexity index is 834. The van der Waals surface area contributed by atoms with Crippen LogP contribution >= 0.6 is 0 Å². The van der Waals surface area contributed by atoms with Crippen molar-refractivity contribution in [2.24, 2.45) is 0 Å². The van der Waals surface area contributed by atoms with Crippen molar-refractivity contribution in [3.63, 3.8) is 0 Å². The molecule has 0 aliphatic carbocycles. The topological polar surface area (TPSA) is 110 Å². The molecule has 2 aromatic rings. The maximum Gasteiger partial charge on any atom is 0.273 e. The zero-order valence-electron chi connectivity index (χ0n) is 12.4. The van der Waals surface area contributed by atoms with Gasteiger partial charge in [0.1, 0.15) is 5.75 Å². The molecule has 0 bridgehead atoms. The number of para-hydroxylation sites is 1. The number of nitrogens with one attached hydrogen (secondary N) is 1. The SMILES string of the molecule is Cc1ccc(CO)cc1NS(=O)(=O)Cc1ccccc1[N+](=O)[O-]. The molecule has 7 nitrogen and oxygen atoms in total. The van der Waals surface area contributed by atoms with E-state index in [2.05, 4.69) is 4.72 Å². The molecule has 0 radical (unpaired) electrons. The number of sulfonamides is 1. The molecular weight excluding hydrogens is 320 g/mol. The molecule has 0 amide bonds. The van der Waals surface area contributed by atoms with Crippen LogP contribution in [0.4, 0.5) is 11.4 Å². The Morgan fingerprint density at radius 3 is 2.57 bits per heavy atom. The Labute approximate surface area is 133 Å². The van der Waals surface area contributed by atoms with Crippen molar-refractivity contribution in [1.82, 2.24) is 0 Å². The second-order valence-electron chi connectivity index (χ2n) is 5.05. The van der Waals surface area contributed by atoms with E-state index in [9.17, 15) is 18.5 Å². The smallest absolute Gasteiger partial charge is 0.273 e. The molecule has 0 saturated carbocycles. The van der Waals surface area contributed by atoms with Gasteiger partial charge in [0, 0.05) is 11.6 Å². The molecule has 0 spiro atoms. The minimum atomic E-state index is -3.83. The van der Waals surface area contributed by atoms with Gasteiger partial charge in [-0.1, -0.05) is 30.3 Å². The average molecular weight is 336 g/mol. The Morgan fingerprint density at radius 2 is 1.91 bits per heavy atom. The van der Waals surface area contributed by atoms with Gasteiger partial charge in [0.25, 0.3) is 5.69 Å². The highest BCUT2D eigenvalue weighted by atomic mass is 32.2. The molecule has 0 saturated heterocycles. The number of nitrogens with zero attached hydrogens (tertiary/aromatic N) is 1. The van der Waals surface area contributed by atoms with Crippen molar-refractivity contribution < 1.29 is 18.4 Å². The molecular formula is C15H16N2O5S. The van der Waals surface area contributed by atoms with E-state index < -0.39 is 20.7 Å². The highest BCUT2D eigenvalue weighted by molar-refractivity contribution is 7.91. The second kappa shape index (κ2) is 6.76. The first-order chi connectivity index (χ1) is 10.8. The van der Waals surface area contributed by atoms with Gasteiger partial charge < -0.3 is 5.11 Å². The lowest BCUT2D eigenvalue weighted by Crippen LogP contribution is -2.16. The van der Waals surface area contributed by atoms with Crippen molar-refractivity contribution >= 4 is 21.4 Å². The molecule has 2 rings (SSSR count). The fraction of sp³-hybridized carbons (Fsp3) is 0.200. The first-order valence-corrected chi connectivity index (χ1v) is 8.41. The molecule has 8 heteroatoms. The minimum absolute atomic E-state index is 0.112. The van der Waals surface area contributed by atoms with Gasteiger partial charge in [-0.15, -0.1) is 0 Å². The van der Waals surface area contributed by atoms with Crippen LogP contribution in [0, 0.1) is 17.0 Å². The number of nitro groups is 1. The van der Waals surface area contributed by atoms with Gasteiger partial charge in [-0.25, -0.2) is 8.42 Å². The normalized spacial score (nSPS) is 11.2. The highest BCUT2D eigenvalue weighted by Crippen LogP contribution is 2.23. The quantitative estimate of drug-likeness (QED) is 0.621. The summed E-state index contributed by atoms with van der Waals surface area (Å²) in [5.74, 6) is -0.507. The molecule has 0 unspecified atom stereocenters. The second-order valence-corrected chi connectivity index (χ2v) is 6.78. The number of aryl methyl sites for hydroxylation is 1. The number of nitro benzene ring substituents is 1. The van der Waals surface area contributed by atoms with Crippen molar-refractivity contribution in [1.29, 1.82) is 0 Å². The third-order valence-corrected chi connectivity index (χ3v) is 4.51. The van der Waals surface area contributed by atoms with Crippen LogP contribution in [0.3, 0.4) is 0 Å². The molecule has 2 N–H and O–H groups in total. The first kappa shape index (κ1) is 16.9. The van der Waals surface area contributed by atoms with Crippen molar-refractivity contribution in [3.8, 4) is 0 Å². The fourth-order valence-corrected chi connectivity index (χ4v) is 3.38. The van der Waals surface area contributed by atoms with Crippen LogP contribution in [0.2, 0.25) is 0 Å². The number of aliphatic hydroxyl groups excluding tert-OH is 1. The molecule has 2 aromatic carbocycles. The molecule has 0 aliphatic heterocycles. The van der Waals surface area contributed by atoms with E-state index in [1.54, 1.807) is 25.1 Å². The van der Waals surface area contributed by atoms with Gasteiger partial charge >= 0.3 is 0 Å². The predicted octanol–water partition coefficient (Wildman–Crippen LogP) is 2.34. The lowest BCUT2D eigenvalue weighted by Gasteiger charge is -2.12. The number of aliphatic hydroxyl groups is 1. The van der Waals surface area contributed by atoms with E-state index in [1.807, 2.05) is 0 Å². The van der Waals surface area contributed by atoms with Crippen LogP contribution in [0.15, 0.2) is 42.5 Å². The highest BCUT2D eigenvalue weighted by Gasteiger charge is 2.20. The predicted molar refractivity (Wildman–Crippen MR) is 86.4 cm³/mol. The number of benzene rings is 2. The number of hydrogen-bond acceptors (Lipinski definition) is 5. The average Bonchev–Trinajstić information content (AvgIpc) is 2.49. The Kier molecular flexibility index (Phi) is 4.97. The van der Waals surface area contributed by atoms with Gasteiger partial charge in [0.05, 0.1) is 17.2 Å². The molecule has 23 heavy (non-hydrogen) atoms. The first-order valence-electron chi connectivity index (χ1n) is 6.75. The Morgan fingerprint density at radius 1 is 1.22 bits per heavy atom. The molecule has 0 fully saturated rings. The molecule has 0 atom stereocenters. The van der Waals surface area contributed by atoms with Crippen molar-refractivity contribution in [3.05, 3.63) is 69.3 Å². The van der Waals surface area contributed by atoms with Gasteiger partial charge in [0.2, 0.25) is 10.0 Å². The fourth-order valence-electron chi connectivity index (χ4n) is 2.10. The number of hydrogen-bond donors (Lipinski definition) is 2. The van der Waals surface area contributed by atoms with Crippen LogP contribution in [0.25, 0.3) is 0 Å². The standard InChI is InChI=1S/C15H16N2O5S/c1-11-6-7-12(9-18)8-14(11)16-23(21,22)10-13-4-2-3-5-15(13)17(19)20/h2-8,16,18H,9-10H2,1H3. The Hall–Kier alpha value is -2.45. The molecule has 0 aliphatic rings. The van der Waals surface area contributed by atoms with Crippen LogP contribution in [-0.4, -0.2) is 18.4 Å². The summed E-state index contributed by atoms with van der Waals surface area (Å²) in [4.78, 5) is 10.4. The van der Waals surface area contributed by atoms with Crippen LogP contribution < -0.4 is 4.72 Å². The van der Waals surface area contributed by atoms with Crippen molar-refractivity contribution in [2.45, 2.75) is 19.3 Å². The molecule has 0 aromatic heterocycles. The van der Waals surface area contributed by atoms with Crippen LogP contribution in [0.1, 0.15) is 16.7 Å². The molecule has 0 heterocycles. The summed E-state index contributed by atoms with van der Waals surface area (Å²) >= 11 is 0. The third-order valence-electron chi connectivity index (χ3n) is 3.28. The van der Waals surface area contributed by atoms with E-state index >= 15 is 0 Å². The summed E-state index contributed by atoms with van der Waals surface area (Å²) in [5.41, 5.74) is 1.47. The van der Waals surface area contributed by atoms with Crippen LogP contribution in [0.5, 0.6) is 0 Å². The number of rotatable bonds is 6. The lowest BCUT2D eigenvalue weighted by atomic mass is 10.1. The summed E-state index contributed by atoms with van der Waals surface area (Å²) in [6, 6.07) is 10.6. The zero-order chi connectivity index (χ0) is 17.0. The summed E-state index contributed by atoms with van der Waals surface area (Å²) in [6.45, 7) is 1.52. The van der Waals surface area contributed by atoms with Crippen molar-refractivity contribution in [2.75, 3.05) is 4.72 Å². The van der Waals surface area contributed by atoms with Gasteiger partial charge in [0.15, 0.2) is 0 Å². The maximum absolute atomic E-state index is 12.3. The summed E-state index contributed by atoms with van der Waals surface area (Å²) in [5, 5.41) is 20.1. The van der Waals surface area contributed by atoms with E-state index in [0.29, 0.717) is 16.8 Å². The van der Waals surface area contributed by atoms with Gasteiger partial charge in [-0.3, -0.25) is 14.8 Å². The summed E-state index contributed by atoms with van der Waals surface area (Å²) < 4.78 is 27.0. The summed E-state index contributed by atoms with van der Waals surface area (Å²) in [7, 11) is -3.83. The zero-order valence-corrected chi connectivity index (χ0v) is 13.2. The monoisotopic (exact) mass is 336 g/mol. The number of anilines is 1.